The molecular weight excluding hydrogens is 487 g/mol. The van der Waals surface area contributed by atoms with Crippen LogP contribution in [0.15, 0.2) is 41.0 Å². The number of allylic oxidation sites excluding steroid dienone is 8. The van der Waals surface area contributed by atoms with Crippen molar-refractivity contribution in [1.29, 1.82) is 0 Å². The Bertz CT molecular complexity index is 696. The molecule has 0 N–H and O–H groups in total. The van der Waals surface area contributed by atoms with Crippen LogP contribution in [-0.4, -0.2) is 9.98 Å². The summed E-state index contributed by atoms with van der Waals surface area (Å²) in [6, 6.07) is 0. The van der Waals surface area contributed by atoms with Gasteiger partial charge in [-0.15, -0.1) is 0 Å². The van der Waals surface area contributed by atoms with Crippen LogP contribution in [0.5, 0.6) is 0 Å². The van der Waals surface area contributed by atoms with Gasteiger partial charge in [-0.3, -0.25) is 0 Å². The second kappa shape index (κ2) is 9.44. The molecular formula is C21H34Cl2GeZr. The summed E-state index contributed by atoms with van der Waals surface area (Å²) in [5.41, 5.74) is 6.82. The SMILES string of the molecule is CC1=CC(C)[C]([Zr+2]([C]2=C(C)C(C(C)(C)C)=CC2C)=[Ge]([CH3])[CH3])=C1C.[Cl-].[Cl-]. The average Bonchev–Trinajstić information content (AvgIpc) is 2.82. The van der Waals surface area contributed by atoms with Crippen molar-refractivity contribution in [2.24, 2.45) is 17.3 Å². The van der Waals surface area contributed by atoms with E-state index in [0.717, 1.165) is 0 Å². The molecule has 0 nitrogen and oxygen atoms in total. The molecule has 140 valence electrons. The zero-order valence-corrected chi connectivity index (χ0v) is 23.6. The fraction of sp³-hybridized carbons (Fsp3) is 0.619. The Morgan fingerprint density at radius 1 is 0.840 bits per heavy atom. The van der Waals surface area contributed by atoms with E-state index in [-0.39, 0.29) is 30.2 Å². The van der Waals surface area contributed by atoms with E-state index in [1.807, 2.05) is 6.56 Å². The van der Waals surface area contributed by atoms with E-state index >= 15 is 0 Å². The van der Waals surface area contributed by atoms with Gasteiger partial charge in [-0.2, -0.15) is 0 Å². The second-order valence-electron chi connectivity index (χ2n) is 8.71. The fourth-order valence-corrected chi connectivity index (χ4v) is 36.8. The molecule has 0 aliphatic heterocycles. The summed E-state index contributed by atoms with van der Waals surface area (Å²) in [6.07, 6.45) is 5.13. The van der Waals surface area contributed by atoms with Crippen molar-refractivity contribution in [3.8, 4) is 0 Å². The molecule has 0 fully saturated rings. The standard InChI is InChI=1S/C11H17.C8H11.C2H6Ge.2ClH.Zr/c1-8-6-9(2)10(7-8)11(3,4)5;1-6-4-7(2)8(3)5-6;1-3-2;;;/h7-8H,1-5H3;4,6H,1-3H3;1-2H3;2*1H;/q;;;;;+2/p-2. The molecule has 2 atom stereocenters. The molecule has 2 aliphatic carbocycles. The molecule has 0 aromatic rings. The van der Waals surface area contributed by atoms with E-state index in [1.165, 1.54) is 0 Å². The van der Waals surface area contributed by atoms with Crippen molar-refractivity contribution in [1.82, 2.24) is 0 Å². The number of hydrogen-bond acceptors (Lipinski definition) is 0. The Labute approximate surface area is 177 Å². The van der Waals surface area contributed by atoms with Gasteiger partial charge in [0.15, 0.2) is 0 Å². The van der Waals surface area contributed by atoms with Crippen molar-refractivity contribution in [3.05, 3.63) is 41.0 Å². The Hall–Kier alpha value is 0.966. The zero-order chi connectivity index (χ0) is 17.7. The first kappa shape index (κ1) is 26.0. The molecule has 0 aromatic heterocycles. The molecule has 4 heteroatoms. The summed E-state index contributed by atoms with van der Waals surface area (Å²) in [6.45, 7) is 19.2. The van der Waals surface area contributed by atoms with Crippen molar-refractivity contribution < 1.29 is 43.4 Å². The van der Waals surface area contributed by atoms with Crippen LogP contribution in [0, 0.1) is 17.3 Å². The van der Waals surface area contributed by atoms with Crippen LogP contribution in [0.25, 0.3) is 0 Å². The van der Waals surface area contributed by atoms with Crippen LogP contribution < -0.4 is 24.8 Å². The van der Waals surface area contributed by atoms with Crippen molar-refractivity contribution in [2.75, 3.05) is 0 Å². The molecule has 2 aliphatic rings. The van der Waals surface area contributed by atoms with Gasteiger partial charge in [0.25, 0.3) is 0 Å². The molecule has 2 unspecified atom stereocenters. The van der Waals surface area contributed by atoms with Crippen molar-refractivity contribution in [2.45, 2.75) is 66.9 Å². The predicted octanol–water partition coefficient (Wildman–Crippen LogP) is 0.630. The largest absolute Gasteiger partial charge is 1.00 e. The van der Waals surface area contributed by atoms with Crippen LogP contribution >= 0.6 is 0 Å². The van der Waals surface area contributed by atoms with Gasteiger partial charge in [0.05, 0.1) is 0 Å². The Kier molecular flexibility index (Phi) is 9.81. The van der Waals surface area contributed by atoms with Gasteiger partial charge in [0.1, 0.15) is 0 Å². The van der Waals surface area contributed by atoms with E-state index in [4.69, 9.17) is 0 Å². The summed E-state index contributed by atoms with van der Waals surface area (Å²) in [7, 11) is -0.935. The van der Waals surface area contributed by atoms with Crippen LogP contribution in [-0.2, 0) is 18.6 Å². The zero-order valence-electron chi connectivity index (χ0n) is 17.6. The quantitative estimate of drug-likeness (QED) is 0.469. The summed E-state index contributed by atoms with van der Waals surface area (Å²) in [4.78, 5) is 0. The summed E-state index contributed by atoms with van der Waals surface area (Å²) in [5.74, 6) is 6.70. The van der Waals surface area contributed by atoms with E-state index in [1.54, 1.807) is 22.3 Å². The van der Waals surface area contributed by atoms with Gasteiger partial charge in [0.2, 0.25) is 0 Å². The van der Waals surface area contributed by atoms with Gasteiger partial charge >= 0.3 is 154 Å². The average molecular weight is 521 g/mol. The van der Waals surface area contributed by atoms with E-state index in [0.29, 0.717) is 11.8 Å². The number of rotatable bonds is 2. The molecule has 0 radical (unpaired) electrons. The third-order valence-electron chi connectivity index (χ3n) is 5.48. The van der Waals surface area contributed by atoms with E-state index in [2.05, 4.69) is 79.1 Å². The monoisotopic (exact) mass is 520 g/mol. The van der Waals surface area contributed by atoms with Gasteiger partial charge in [0, 0.05) is 0 Å². The maximum atomic E-state index is 2.65. The van der Waals surface area contributed by atoms with Gasteiger partial charge in [-0.05, 0) is 0 Å². The minimum atomic E-state index is -1.68. The molecule has 2 rings (SSSR count). The topological polar surface area (TPSA) is 0 Å². The van der Waals surface area contributed by atoms with Crippen LogP contribution in [0.2, 0.25) is 11.5 Å². The first-order valence-electron chi connectivity index (χ1n) is 8.98. The Balaban J connectivity index is 0.00000288. The molecule has 0 aromatic carbocycles. The smallest absolute Gasteiger partial charge is 1.00 e. The molecule has 0 amide bonds. The molecule has 0 saturated carbocycles. The molecule has 0 heterocycles. The normalized spacial score (nSPS) is 22.8. The van der Waals surface area contributed by atoms with Gasteiger partial charge < -0.3 is 24.8 Å². The maximum absolute atomic E-state index is 2.65. The maximum Gasteiger partial charge on any atom is -1.00 e. The van der Waals surface area contributed by atoms with Gasteiger partial charge in [-0.25, -0.2) is 0 Å². The predicted molar refractivity (Wildman–Crippen MR) is 103 cm³/mol. The Morgan fingerprint density at radius 2 is 1.28 bits per heavy atom. The minimum absolute atomic E-state index is 0. The van der Waals surface area contributed by atoms with Crippen molar-refractivity contribution in [3.63, 3.8) is 0 Å². The number of hydrogen-bond donors (Lipinski definition) is 0. The van der Waals surface area contributed by atoms with Crippen molar-refractivity contribution >= 4 is 9.98 Å². The molecule has 0 spiro atoms. The summed E-state index contributed by atoms with van der Waals surface area (Å²) < 4.78 is 3.89. The van der Waals surface area contributed by atoms with E-state index < -0.39 is 28.6 Å². The van der Waals surface area contributed by atoms with Crippen LogP contribution in [0.4, 0.5) is 0 Å². The van der Waals surface area contributed by atoms with Gasteiger partial charge in [-0.1, -0.05) is 0 Å². The second-order valence-corrected chi connectivity index (χ2v) is 36.4. The number of halogens is 2. The first-order valence-corrected chi connectivity index (χ1v) is 23.1. The Morgan fingerprint density at radius 3 is 1.60 bits per heavy atom. The third-order valence-corrected chi connectivity index (χ3v) is 33.8. The van der Waals surface area contributed by atoms with Crippen LogP contribution in [0.1, 0.15) is 55.4 Å². The summed E-state index contributed by atoms with van der Waals surface area (Å²) >= 11 is -1.68. The minimum Gasteiger partial charge on any atom is -1.00 e. The molecule has 0 bridgehead atoms. The molecule has 25 heavy (non-hydrogen) atoms. The van der Waals surface area contributed by atoms with E-state index in [9.17, 15) is 0 Å². The first-order chi connectivity index (χ1) is 10.5. The fourth-order valence-electron chi connectivity index (χ4n) is 4.41. The summed E-state index contributed by atoms with van der Waals surface area (Å²) in [5, 5.41) is 0. The molecule has 0 saturated heterocycles. The third kappa shape index (κ3) is 5.07. The van der Waals surface area contributed by atoms with Crippen LogP contribution in [0.3, 0.4) is 0 Å².